The highest BCUT2D eigenvalue weighted by molar-refractivity contribution is 7.92. The summed E-state index contributed by atoms with van der Waals surface area (Å²) in [6.45, 7) is 1.74. The molecule has 0 saturated carbocycles. The second-order valence-corrected chi connectivity index (χ2v) is 6.10. The molecule has 0 aliphatic heterocycles. The summed E-state index contributed by atoms with van der Waals surface area (Å²) in [6.07, 6.45) is 0.361. The van der Waals surface area contributed by atoms with Gasteiger partial charge in [-0.3, -0.25) is 9.52 Å². The van der Waals surface area contributed by atoms with Gasteiger partial charge in [0.15, 0.2) is 5.78 Å². The molecular weight excluding hydrogens is 293 g/mol. The number of rotatable bonds is 5. The predicted molar refractivity (Wildman–Crippen MR) is 78.3 cm³/mol. The van der Waals surface area contributed by atoms with E-state index in [1.165, 1.54) is 48.5 Å². The third-order valence-corrected chi connectivity index (χ3v) is 4.30. The van der Waals surface area contributed by atoms with Crippen LogP contribution in [0, 0.1) is 5.82 Å². The Balaban J connectivity index is 2.23. The number of benzene rings is 2. The van der Waals surface area contributed by atoms with Crippen LogP contribution in [0.1, 0.15) is 23.7 Å². The minimum atomic E-state index is -3.76. The highest BCUT2D eigenvalue weighted by Crippen LogP contribution is 2.17. The van der Waals surface area contributed by atoms with Gasteiger partial charge in [0.25, 0.3) is 10.0 Å². The number of sulfonamides is 1. The van der Waals surface area contributed by atoms with Crippen molar-refractivity contribution in [1.29, 1.82) is 0 Å². The van der Waals surface area contributed by atoms with Crippen LogP contribution in [0.3, 0.4) is 0 Å². The van der Waals surface area contributed by atoms with Crippen LogP contribution < -0.4 is 4.72 Å². The van der Waals surface area contributed by atoms with Crippen LogP contribution in [0.15, 0.2) is 53.4 Å². The van der Waals surface area contributed by atoms with Gasteiger partial charge in [0, 0.05) is 17.7 Å². The van der Waals surface area contributed by atoms with Crippen molar-refractivity contribution in [3.05, 3.63) is 59.9 Å². The Morgan fingerprint density at radius 2 is 1.62 bits per heavy atom. The number of hydrogen-bond donors (Lipinski definition) is 1. The highest BCUT2D eigenvalue weighted by Gasteiger charge is 2.14. The highest BCUT2D eigenvalue weighted by atomic mass is 32.2. The molecule has 2 rings (SSSR count). The minimum Gasteiger partial charge on any atom is -0.294 e. The molecule has 0 spiro atoms. The van der Waals surface area contributed by atoms with E-state index >= 15 is 0 Å². The maximum Gasteiger partial charge on any atom is 0.261 e. The monoisotopic (exact) mass is 307 g/mol. The smallest absolute Gasteiger partial charge is 0.261 e. The average molecular weight is 307 g/mol. The van der Waals surface area contributed by atoms with E-state index in [0.29, 0.717) is 12.0 Å². The van der Waals surface area contributed by atoms with Gasteiger partial charge in [0.05, 0.1) is 4.90 Å². The quantitative estimate of drug-likeness (QED) is 0.863. The molecule has 0 saturated heterocycles. The molecule has 6 heteroatoms. The SMILES string of the molecule is CCC(=O)c1ccc(S(=O)(=O)Nc2ccc(F)cc2)cc1. The molecule has 1 N–H and O–H groups in total. The molecule has 0 bridgehead atoms. The number of carbonyl (C=O) groups excluding carboxylic acids is 1. The van der Waals surface area contributed by atoms with Gasteiger partial charge in [0.2, 0.25) is 0 Å². The van der Waals surface area contributed by atoms with E-state index in [2.05, 4.69) is 4.72 Å². The lowest BCUT2D eigenvalue weighted by Crippen LogP contribution is -2.13. The average Bonchev–Trinajstić information content (AvgIpc) is 2.49. The second-order valence-electron chi connectivity index (χ2n) is 4.41. The summed E-state index contributed by atoms with van der Waals surface area (Å²) in [5.41, 5.74) is 0.739. The van der Waals surface area contributed by atoms with E-state index in [1.54, 1.807) is 6.92 Å². The van der Waals surface area contributed by atoms with Crippen molar-refractivity contribution >= 4 is 21.5 Å². The van der Waals surface area contributed by atoms with E-state index in [0.717, 1.165) is 0 Å². The standard InChI is InChI=1S/C15H14FNO3S/c1-2-15(18)11-3-9-14(10-4-11)21(19,20)17-13-7-5-12(16)6-8-13/h3-10,17H,2H2,1H3. The first-order valence-corrected chi connectivity index (χ1v) is 7.82. The van der Waals surface area contributed by atoms with Gasteiger partial charge >= 0.3 is 0 Å². The first-order chi connectivity index (χ1) is 9.92. The topological polar surface area (TPSA) is 63.2 Å². The summed E-state index contributed by atoms with van der Waals surface area (Å²) in [5.74, 6) is -0.495. The van der Waals surface area contributed by atoms with Gasteiger partial charge in [-0.25, -0.2) is 12.8 Å². The van der Waals surface area contributed by atoms with E-state index in [9.17, 15) is 17.6 Å². The van der Waals surface area contributed by atoms with Gasteiger partial charge in [-0.05, 0) is 36.4 Å². The summed E-state index contributed by atoms with van der Waals surface area (Å²) in [4.78, 5) is 11.5. The summed E-state index contributed by atoms with van der Waals surface area (Å²) < 4.78 is 39.4. The molecule has 0 unspecified atom stereocenters. The number of halogens is 1. The first-order valence-electron chi connectivity index (χ1n) is 6.34. The van der Waals surface area contributed by atoms with Gasteiger partial charge in [0.1, 0.15) is 5.82 Å². The maximum absolute atomic E-state index is 12.8. The molecule has 0 aliphatic carbocycles. The van der Waals surface area contributed by atoms with Gasteiger partial charge in [-0.1, -0.05) is 19.1 Å². The number of ketones is 1. The van der Waals surface area contributed by atoms with E-state index in [1.807, 2.05) is 0 Å². The van der Waals surface area contributed by atoms with Crippen LogP contribution in [-0.2, 0) is 10.0 Å². The zero-order chi connectivity index (χ0) is 15.5. The van der Waals surface area contributed by atoms with E-state index in [-0.39, 0.29) is 16.4 Å². The van der Waals surface area contributed by atoms with Crippen LogP contribution in [0.2, 0.25) is 0 Å². The third kappa shape index (κ3) is 3.66. The van der Waals surface area contributed by atoms with Crippen molar-refractivity contribution in [3.63, 3.8) is 0 Å². The van der Waals surface area contributed by atoms with Gasteiger partial charge in [-0.2, -0.15) is 0 Å². The molecule has 0 heterocycles. The number of carbonyl (C=O) groups is 1. The molecule has 110 valence electrons. The molecule has 2 aromatic carbocycles. The zero-order valence-corrected chi connectivity index (χ0v) is 12.2. The summed E-state index contributed by atoms with van der Waals surface area (Å²) >= 11 is 0. The normalized spacial score (nSPS) is 11.1. The lowest BCUT2D eigenvalue weighted by molar-refractivity contribution is 0.0988. The Morgan fingerprint density at radius 3 is 2.14 bits per heavy atom. The number of hydrogen-bond acceptors (Lipinski definition) is 3. The van der Waals surface area contributed by atoms with E-state index in [4.69, 9.17) is 0 Å². The van der Waals surface area contributed by atoms with Crippen LogP contribution >= 0.6 is 0 Å². The molecule has 0 aliphatic rings. The van der Waals surface area contributed by atoms with Gasteiger partial charge < -0.3 is 0 Å². The Kier molecular flexibility index (Phi) is 4.37. The summed E-state index contributed by atoms with van der Waals surface area (Å²) in [7, 11) is -3.76. The Hall–Kier alpha value is -2.21. The predicted octanol–water partition coefficient (Wildman–Crippen LogP) is 3.22. The minimum absolute atomic E-state index is 0.0412. The summed E-state index contributed by atoms with van der Waals surface area (Å²) in [6, 6.07) is 10.7. The number of nitrogens with one attached hydrogen (secondary N) is 1. The molecule has 0 amide bonds. The largest absolute Gasteiger partial charge is 0.294 e. The van der Waals surface area contributed by atoms with Crippen molar-refractivity contribution in [3.8, 4) is 0 Å². The maximum atomic E-state index is 12.8. The van der Waals surface area contributed by atoms with Crippen LogP contribution in [0.25, 0.3) is 0 Å². The van der Waals surface area contributed by atoms with Crippen molar-refractivity contribution in [2.45, 2.75) is 18.2 Å². The Bertz CT molecular complexity index is 737. The van der Waals surface area contributed by atoms with E-state index < -0.39 is 15.8 Å². The fourth-order valence-corrected chi connectivity index (χ4v) is 2.81. The fourth-order valence-electron chi connectivity index (χ4n) is 1.76. The van der Waals surface area contributed by atoms with Crippen molar-refractivity contribution in [1.82, 2.24) is 0 Å². The van der Waals surface area contributed by atoms with Crippen LogP contribution in [-0.4, -0.2) is 14.2 Å². The Labute approximate surface area is 122 Å². The van der Waals surface area contributed by atoms with Crippen LogP contribution in [0.4, 0.5) is 10.1 Å². The molecule has 0 atom stereocenters. The molecule has 4 nitrogen and oxygen atoms in total. The molecule has 0 aromatic heterocycles. The van der Waals surface area contributed by atoms with Crippen molar-refractivity contribution in [2.75, 3.05) is 4.72 Å². The molecule has 0 fully saturated rings. The molecule has 2 aromatic rings. The van der Waals surface area contributed by atoms with Crippen LogP contribution in [0.5, 0.6) is 0 Å². The fraction of sp³-hybridized carbons (Fsp3) is 0.133. The number of Topliss-reactive ketones (excluding diaryl/α,β-unsaturated/α-hetero) is 1. The molecular formula is C15H14FNO3S. The lowest BCUT2D eigenvalue weighted by Gasteiger charge is -2.08. The third-order valence-electron chi connectivity index (χ3n) is 2.90. The second kappa shape index (κ2) is 6.05. The zero-order valence-electron chi connectivity index (χ0n) is 11.3. The number of anilines is 1. The van der Waals surface area contributed by atoms with Crippen molar-refractivity contribution in [2.24, 2.45) is 0 Å². The Morgan fingerprint density at radius 1 is 1.05 bits per heavy atom. The van der Waals surface area contributed by atoms with Gasteiger partial charge in [-0.15, -0.1) is 0 Å². The molecule has 0 radical (unpaired) electrons. The molecule has 21 heavy (non-hydrogen) atoms. The lowest BCUT2D eigenvalue weighted by atomic mass is 10.1. The first kappa shape index (κ1) is 15.2. The van der Waals surface area contributed by atoms with Crippen molar-refractivity contribution < 1.29 is 17.6 Å². The summed E-state index contributed by atoms with van der Waals surface area (Å²) in [5, 5.41) is 0.